The first-order valence-electron chi connectivity index (χ1n) is 8.50. The van der Waals surface area contributed by atoms with Gasteiger partial charge in [-0.05, 0) is 37.6 Å². The van der Waals surface area contributed by atoms with Crippen molar-refractivity contribution in [1.82, 2.24) is 15.1 Å². The molecular weight excluding hydrogens is 282 g/mol. The van der Waals surface area contributed by atoms with Crippen LogP contribution in [0.2, 0.25) is 5.02 Å². The van der Waals surface area contributed by atoms with E-state index in [0.29, 0.717) is 6.04 Å². The zero-order valence-electron chi connectivity index (χ0n) is 14.0. The highest BCUT2D eigenvalue weighted by Crippen LogP contribution is 2.33. The fourth-order valence-electron chi connectivity index (χ4n) is 3.76. The molecule has 1 saturated carbocycles. The molecule has 0 aliphatic heterocycles. The second-order valence-electron chi connectivity index (χ2n) is 6.58. The van der Waals surface area contributed by atoms with Crippen LogP contribution in [0.15, 0.2) is 0 Å². The highest BCUT2D eigenvalue weighted by molar-refractivity contribution is 6.31. The van der Waals surface area contributed by atoms with Crippen molar-refractivity contribution in [2.75, 3.05) is 6.54 Å². The smallest absolute Gasteiger partial charge is 0.0850 e. The molecule has 0 bridgehead atoms. The first-order valence-corrected chi connectivity index (χ1v) is 8.88. The molecule has 1 heterocycles. The number of likely N-dealkylation sites (N-methyl/N-ethyl adjacent to an activating group) is 1. The van der Waals surface area contributed by atoms with Gasteiger partial charge in [-0.15, -0.1) is 0 Å². The van der Waals surface area contributed by atoms with Crippen molar-refractivity contribution in [1.29, 1.82) is 0 Å². The SMILES string of the molecule is CCNC(Cc1c(Cl)c(CC)nn1C)C1CCCC(C)C1. The first-order chi connectivity index (χ1) is 10.1. The van der Waals surface area contributed by atoms with Crippen molar-refractivity contribution >= 4 is 11.6 Å². The molecule has 1 fully saturated rings. The van der Waals surface area contributed by atoms with Crippen LogP contribution in [0.4, 0.5) is 0 Å². The highest BCUT2D eigenvalue weighted by atomic mass is 35.5. The van der Waals surface area contributed by atoms with Gasteiger partial charge in [0.1, 0.15) is 0 Å². The molecule has 0 spiro atoms. The predicted octanol–water partition coefficient (Wildman–Crippen LogP) is 3.98. The van der Waals surface area contributed by atoms with Gasteiger partial charge in [-0.1, -0.05) is 45.2 Å². The molecule has 21 heavy (non-hydrogen) atoms. The van der Waals surface area contributed by atoms with Crippen LogP contribution in [0.1, 0.15) is 57.8 Å². The van der Waals surface area contributed by atoms with E-state index in [1.165, 1.54) is 31.4 Å². The predicted molar refractivity (Wildman–Crippen MR) is 89.9 cm³/mol. The summed E-state index contributed by atoms with van der Waals surface area (Å²) in [5, 5.41) is 9.14. The van der Waals surface area contributed by atoms with Crippen molar-refractivity contribution in [3.8, 4) is 0 Å². The number of hydrogen-bond donors (Lipinski definition) is 1. The number of halogens is 1. The summed E-state index contributed by atoms with van der Waals surface area (Å²) in [4.78, 5) is 0. The number of rotatable bonds is 6. The van der Waals surface area contributed by atoms with Crippen LogP contribution in [0.5, 0.6) is 0 Å². The lowest BCUT2D eigenvalue weighted by Crippen LogP contribution is -2.40. The van der Waals surface area contributed by atoms with Gasteiger partial charge < -0.3 is 5.32 Å². The Hall–Kier alpha value is -0.540. The second-order valence-corrected chi connectivity index (χ2v) is 6.96. The summed E-state index contributed by atoms with van der Waals surface area (Å²) in [6, 6.07) is 0.523. The molecule has 0 amide bonds. The second kappa shape index (κ2) is 7.64. The molecule has 3 nitrogen and oxygen atoms in total. The van der Waals surface area contributed by atoms with E-state index in [9.17, 15) is 0 Å². The quantitative estimate of drug-likeness (QED) is 0.861. The molecule has 0 aromatic carbocycles. The Kier molecular flexibility index (Phi) is 6.12. The molecule has 1 aliphatic carbocycles. The van der Waals surface area contributed by atoms with Gasteiger partial charge in [0.25, 0.3) is 0 Å². The van der Waals surface area contributed by atoms with E-state index in [-0.39, 0.29) is 0 Å². The average Bonchev–Trinajstić information content (AvgIpc) is 2.74. The van der Waals surface area contributed by atoms with Crippen LogP contribution in [-0.4, -0.2) is 22.4 Å². The van der Waals surface area contributed by atoms with Gasteiger partial charge >= 0.3 is 0 Å². The van der Waals surface area contributed by atoms with E-state index in [1.54, 1.807) is 0 Å². The van der Waals surface area contributed by atoms with Crippen molar-refractivity contribution < 1.29 is 0 Å². The van der Waals surface area contributed by atoms with E-state index in [4.69, 9.17) is 11.6 Å². The number of hydrogen-bond acceptors (Lipinski definition) is 2. The van der Waals surface area contributed by atoms with Crippen molar-refractivity contribution in [2.24, 2.45) is 18.9 Å². The fraction of sp³-hybridized carbons (Fsp3) is 0.824. The number of nitrogens with one attached hydrogen (secondary N) is 1. The largest absolute Gasteiger partial charge is 0.314 e. The number of aromatic nitrogens is 2. The normalized spacial score (nSPS) is 24.2. The fourth-order valence-corrected chi connectivity index (χ4v) is 4.13. The molecule has 3 unspecified atom stereocenters. The van der Waals surface area contributed by atoms with E-state index >= 15 is 0 Å². The van der Waals surface area contributed by atoms with Crippen LogP contribution in [0, 0.1) is 11.8 Å². The Balaban J connectivity index is 2.14. The minimum atomic E-state index is 0.523. The zero-order chi connectivity index (χ0) is 15.4. The molecule has 1 N–H and O–H groups in total. The third kappa shape index (κ3) is 4.01. The van der Waals surface area contributed by atoms with Gasteiger partial charge in [-0.3, -0.25) is 4.68 Å². The Morgan fingerprint density at radius 2 is 2.14 bits per heavy atom. The Morgan fingerprint density at radius 1 is 1.38 bits per heavy atom. The Morgan fingerprint density at radius 3 is 2.71 bits per heavy atom. The van der Waals surface area contributed by atoms with Crippen LogP contribution < -0.4 is 5.32 Å². The van der Waals surface area contributed by atoms with E-state index in [1.807, 2.05) is 11.7 Å². The zero-order valence-corrected chi connectivity index (χ0v) is 14.7. The Bertz CT molecular complexity index is 455. The molecule has 120 valence electrons. The monoisotopic (exact) mass is 311 g/mol. The summed E-state index contributed by atoms with van der Waals surface area (Å²) in [7, 11) is 2.02. The lowest BCUT2D eigenvalue weighted by Gasteiger charge is -2.34. The summed E-state index contributed by atoms with van der Waals surface area (Å²) in [6.45, 7) is 7.72. The standard InChI is InChI=1S/C17H30ClN3/c1-5-14-17(18)16(21(4)20-14)11-15(19-6-2)13-9-7-8-12(3)10-13/h12-13,15,19H,5-11H2,1-4H3. The molecule has 3 atom stereocenters. The number of nitrogens with zero attached hydrogens (tertiary/aromatic N) is 2. The maximum absolute atomic E-state index is 6.53. The molecule has 4 heteroatoms. The molecular formula is C17H30ClN3. The lowest BCUT2D eigenvalue weighted by atomic mass is 9.77. The van der Waals surface area contributed by atoms with Crippen LogP contribution >= 0.6 is 11.6 Å². The van der Waals surface area contributed by atoms with Crippen LogP contribution in [0.25, 0.3) is 0 Å². The molecule has 2 rings (SSSR count). The molecule has 1 aromatic heterocycles. The third-order valence-corrected chi connectivity index (χ3v) is 5.36. The summed E-state index contributed by atoms with van der Waals surface area (Å²) >= 11 is 6.53. The van der Waals surface area contributed by atoms with Gasteiger partial charge in [-0.25, -0.2) is 0 Å². The topological polar surface area (TPSA) is 29.9 Å². The van der Waals surface area contributed by atoms with E-state index in [2.05, 4.69) is 31.2 Å². The van der Waals surface area contributed by atoms with Gasteiger partial charge in [-0.2, -0.15) is 5.10 Å². The Labute approximate surface area is 134 Å². The van der Waals surface area contributed by atoms with Gasteiger partial charge in [0.05, 0.1) is 16.4 Å². The minimum Gasteiger partial charge on any atom is -0.314 e. The molecule has 1 aliphatic rings. The maximum Gasteiger partial charge on any atom is 0.0850 e. The minimum absolute atomic E-state index is 0.523. The lowest BCUT2D eigenvalue weighted by molar-refractivity contribution is 0.221. The first kappa shape index (κ1) is 16.8. The summed E-state index contributed by atoms with van der Waals surface area (Å²) < 4.78 is 1.98. The van der Waals surface area contributed by atoms with Crippen molar-refractivity contribution in [3.05, 3.63) is 16.4 Å². The molecule has 1 aromatic rings. The van der Waals surface area contributed by atoms with Crippen molar-refractivity contribution in [2.45, 2.75) is 65.3 Å². The van der Waals surface area contributed by atoms with Gasteiger partial charge in [0.15, 0.2) is 0 Å². The van der Waals surface area contributed by atoms with Gasteiger partial charge in [0, 0.05) is 19.5 Å². The highest BCUT2D eigenvalue weighted by Gasteiger charge is 2.28. The summed E-state index contributed by atoms with van der Waals surface area (Å²) in [6.07, 6.45) is 7.34. The summed E-state index contributed by atoms with van der Waals surface area (Å²) in [5.74, 6) is 1.63. The average molecular weight is 312 g/mol. The molecule has 0 saturated heterocycles. The van der Waals surface area contributed by atoms with E-state index in [0.717, 1.165) is 41.9 Å². The maximum atomic E-state index is 6.53. The van der Waals surface area contributed by atoms with Crippen molar-refractivity contribution in [3.63, 3.8) is 0 Å². The number of aryl methyl sites for hydroxylation is 2. The van der Waals surface area contributed by atoms with Crippen LogP contribution in [0.3, 0.4) is 0 Å². The molecule has 0 radical (unpaired) electrons. The summed E-state index contributed by atoms with van der Waals surface area (Å²) in [5.41, 5.74) is 2.22. The van der Waals surface area contributed by atoms with E-state index < -0.39 is 0 Å². The van der Waals surface area contributed by atoms with Gasteiger partial charge in [0.2, 0.25) is 0 Å². The van der Waals surface area contributed by atoms with Crippen LogP contribution in [-0.2, 0) is 19.9 Å². The third-order valence-electron chi connectivity index (χ3n) is 4.93.